The van der Waals surface area contributed by atoms with Crippen molar-refractivity contribution in [1.29, 1.82) is 0 Å². The van der Waals surface area contributed by atoms with Gasteiger partial charge in [-0.1, -0.05) is 39.9 Å². The predicted octanol–water partition coefficient (Wildman–Crippen LogP) is 1.55. The van der Waals surface area contributed by atoms with E-state index in [1.54, 1.807) is 0 Å². The number of nitrogens with one attached hydrogen (secondary N) is 1. The highest BCUT2D eigenvalue weighted by Gasteiger charge is 1.95. The van der Waals surface area contributed by atoms with Gasteiger partial charge in [-0.3, -0.25) is 0 Å². The van der Waals surface area contributed by atoms with Gasteiger partial charge in [-0.05, 0) is 10.8 Å². The molecule has 0 spiro atoms. The second kappa shape index (κ2) is 3.95. The van der Waals surface area contributed by atoms with E-state index in [0.29, 0.717) is 0 Å². The topological polar surface area (TPSA) is 50.7 Å². The van der Waals surface area contributed by atoms with Crippen LogP contribution in [0.15, 0.2) is 30.3 Å². The predicted molar refractivity (Wildman–Crippen MR) is 51.5 cm³/mol. The molecule has 2 aromatic rings. The molecule has 0 aliphatic carbocycles. The fourth-order valence-corrected chi connectivity index (χ4v) is 1.34. The van der Waals surface area contributed by atoms with Crippen molar-refractivity contribution in [2.45, 2.75) is 6.54 Å². The number of hydrogen-bond acceptors (Lipinski definition) is 5. The van der Waals surface area contributed by atoms with Crippen LogP contribution in [0.3, 0.4) is 0 Å². The van der Waals surface area contributed by atoms with E-state index < -0.39 is 0 Å². The molecule has 5 heteroatoms. The summed E-state index contributed by atoms with van der Waals surface area (Å²) < 4.78 is 3.65. The summed E-state index contributed by atoms with van der Waals surface area (Å²) in [6.45, 7) is 0.762. The summed E-state index contributed by atoms with van der Waals surface area (Å²) in [6.07, 6.45) is 0. The molecule has 0 aliphatic heterocycles. The molecule has 0 radical (unpaired) electrons. The van der Waals surface area contributed by atoms with Gasteiger partial charge in [-0.2, -0.15) is 0 Å². The maximum atomic E-state index is 3.78. The van der Waals surface area contributed by atoms with E-state index in [1.807, 2.05) is 18.2 Å². The van der Waals surface area contributed by atoms with Gasteiger partial charge in [-0.25, -0.2) is 0 Å². The summed E-state index contributed by atoms with van der Waals surface area (Å²) in [6, 6.07) is 10.1. The van der Waals surface area contributed by atoms with Crippen molar-refractivity contribution in [3.63, 3.8) is 0 Å². The molecule has 0 amide bonds. The van der Waals surface area contributed by atoms with E-state index in [0.717, 1.165) is 11.7 Å². The molecule has 0 saturated heterocycles. The minimum Gasteiger partial charge on any atom is -0.355 e. The van der Waals surface area contributed by atoms with Gasteiger partial charge in [0.15, 0.2) is 0 Å². The zero-order chi connectivity index (χ0) is 8.93. The first-order valence-corrected chi connectivity index (χ1v) is 4.65. The molecule has 1 aromatic heterocycles. The summed E-state index contributed by atoms with van der Waals surface area (Å²) in [5.74, 6) is 0. The third-order valence-electron chi connectivity index (χ3n) is 1.59. The monoisotopic (exact) mass is 192 g/mol. The number of anilines is 1. The number of hydrogen-bond donors (Lipinski definition) is 1. The number of aromatic nitrogens is 3. The molecule has 0 aliphatic rings. The van der Waals surface area contributed by atoms with Crippen molar-refractivity contribution in [3.8, 4) is 0 Å². The van der Waals surface area contributed by atoms with E-state index >= 15 is 0 Å². The average Bonchev–Trinajstić information content (AvgIpc) is 2.69. The highest BCUT2D eigenvalue weighted by molar-refractivity contribution is 7.09. The standard InChI is InChI=1S/C8H8N4S/c1-2-4-7(5-3-1)6-9-8-10-11-12-13-8/h1-5H,6H2,(H,9,10,12). The highest BCUT2D eigenvalue weighted by atomic mass is 32.1. The first-order valence-electron chi connectivity index (χ1n) is 3.88. The lowest BCUT2D eigenvalue weighted by molar-refractivity contribution is 0.951. The van der Waals surface area contributed by atoms with Gasteiger partial charge in [0.1, 0.15) is 0 Å². The molecule has 0 unspecified atom stereocenters. The van der Waals surface area contributed by atoms with Crippen molar-refractivity contribution in [3.05, 3.63) is 35.9 Å². The molecule has 0 bridgehead atoms. The van der Waals surface area contributed by atoms with E-state index in [4.69, 9.17) is 0 Å². The summed E-state index contributed by atoms with van der Waals surface area (Å²) in [7, 11) is 0. The Balaban J connectivity index is 1.94. The Kier molecular flexibility index (Phi) is 2.47. The lowest BCUT2D eigenvalue weighted by atomic mass is 10.2. The molecule has 2 rings (SSSR count). The smallest absolute Gasteiger partial charge is 0.225 e. The Morgan fingerprint density at radius 3 is 2.77 bits per heavy atom. The van der Waals surface area contributed by atoms with E-state index in [2.05, 4.69) is 32.2 Å². The van der Waals surface area contributed by atoms with Crippen LogP contribution in [-0.2, 0) is 6.54 Å². The fourth-order valence-electron chi connectivity index (χ4n) is 0.975. The van der Waals surface area contributed by atoms with Crippen LogP contribution in [0, 0.1) is 0 Å². The Labute approximate surface area is 79.8 Å². The number of rotatable bonds is 3. The maximum Gasteiger partial charge on any atom is 0.225 e. The first kappa shape index (κ1) is 8.12. The molecule has 1 heterocycles. The fraction of sp³-hybridized carbons (Fsp3) is 0.125. The van der Waals surface area contributed by atoms with E-state index in [9.17, 15) is 0 Å². The van der Waals surface area contributed by atoms with Crippen molar-refractivity contribution in [1.82, 2.24) is 14.8 Å². The quantitative estimate of drug-likeness (QED) is 0.801. The molecule has 4 nitrogen and oxygen atoms in total. The summed E-state index contributed by atoms with van der Waals surface area (Å²) >= 11 is 1.26. The van der Waals surface area contributed by atoms with Crippen molar-refractivity contribution in [2.75, 3.05) is 5.32 Å². The van der Waals surface area contributed by atoms with Crippen molar-refractivity contribution >= 4 is 16.7 Å². The van der Waals surface area contributed by atoms with E-state index in [-0.39, 0.29) is 0 Å². The van der Waals surface area contributed by atoms with Crippen molar-refractivity contribution < 1.29 is 0 Å². The minimum atomic E-state index is 0.754. The van der Waals surface area contributed by atoms with Gasteiger partial charge in [0.2, 0.25) is 5.13 Å². The Hall–Kier alpha value is -1.49. The van der Waals surface area contributed by atoms with Crippen LogP contribution in [-0.4, -0.2) is 14.8 Å². The molecule has 13 heavy (non-hydrogen) atoms. The Morgan fingerprint density at radius 1 is 1.23 bits per heavy atom. The van der Waals surface area contributed by atoms with Crippen LogP contribution in [0.2, 0.25) is 0 Å². The third-order valence-corrected chi connectivity index (χ3v) is 2.14. The molecular formula is C8H8N4S. The first-order chi connectivity index (χ1) is 6.45. The molecule has 0 atom stereocenters. The number of benzene rings is 1. The highest BCUT2D eigenvalue weighted by Crippen LogP contribution is 2.07. The SMILES string of the molecule is c1ccc(CNc2nnns2)cc1. The molecule has 0 saturated carbocycles. The van der Waals surface area contributed by atoms with E-state index in [1.165, 1.54) is 17.1 Å². The Morgan fingerprint density at radius 2 is 2.08 bits per heavy atom. The van der Waals surface area contributed by atoms with Crippen LogP contribution in [0.5, 0.6) is 0 Å². The van der Waals surface area contributed by atoms with Crippen LogP contribution in [0.4, 0.5) is 5.13 Å². The van der Waals surface area contributed by atoms with Gasteiger partial charge >= 0.3 is 0 Å². The molecule has 0 fully saturated rings. The summed E-state index contributed by atoms with van der Waals surface area (Å²) in [5, 5.41) is 11.1. The van der Waals surface area contributed by atoms with Gasteiger partial charge in [-0.15, -0.1) is 0 Å². The van der Waals surface area contributed by atoms with Crippen LogP contribution < -0.4 is 5.32 Å². The second-order valence-corrected chi connectivity index (χ2v) is 3.24. The minimum absolute atomic E-state index is 0.754. The van der Waals surface area contributed by atoms with Gasteiger partial charge in [0, 0.05) is 18.1 Å². The summed E-state index contributed by atoms with van der Waals surface area (Å²) in [5.41, 5.74) is 1.22. The molecule has 1 aromatic carbocycles. The van der Waals surface area contributed by atoms with Gasteiger partial charge in [0.05, 0.1) is 0 Å². The molecular weight excluding hydrogens is 184 g/mol. The second-order valence-electron chi connectivity index (χ2n) is 2.51. The summed E-state index contributed by atoms with van der Waals surface area (Å²) in [4.78, 5) is 0. The van der Waals surface area contributed by atoms with Gasteiger partial charge in [0.25, 0.3) is 0 Å². The Bertz CT molecular complexity index is 346. The normalized spacial score (nSPS) is 9.85. The largest absolute Gasteiger partial charge is 0.355 e. The maximum absolute atomic E-state index is 3.78. The lowest BCUT2D eigenvalue weighted by Crippen LogP contribution is -1.98. The lowest BCUT2D eigenvalue weighted by Gasteiger charge is -1.99. The van der Waals surface area contributed by atoms with Crippen LogP contribution >= 0.6 is 11.5 Å². The number of nitrogens with zero attached hydrogens (tertiary/aromatic N) is 3. The third kappa shape index (κ3) is 2.22. The zero-order valence-corrected chi connectivity index (χ0v) is 7.66. The van der Waals surface area contributed by atoms with Crippen molar-refractivity contribution in [2.24, 2.45) is 0 Å². The zero-order valence-electron chi connectivity index (χ0n) is 6.84. The van der Waals surface area contributed by atoms with Crippen LogP contribution in [0.1, 0.15) is 5.56 Å². The van der Waals surface area contributed by atoms with Crippen LogP contribution in [0.25, 0.3) is 0 Å². The van der Waals surface area contributed by atoms with Gasteiger partial charge < -0.3 is 5.32 Å². The molecule has 66 valence electrons. The average molecular weight is 192 g/mol. The molecule has 1 N–H and O–H groups in total.